The molecule has 0 radical (unpaired) electrons. The summed E-state index contributed by atoms with van der Waals surface area (Å²) >= 11 is 0. The Morgan fingerprint density at radius 2 is 1.58 bits per heavy atom. The maximum atomic E-state index is 12.5. The van der Waals surface area contributed by atoms with Crippen molar-refractivity contribution in [1.29, 1.82) is 0 Å². The maximum absolute atomic E-state index is 12.5. The number of alkyl halides is 3. The molecule has 1 fully saturated rings. The zero-order valence-electron chi connectivity index (χ0n) is 14.2. The highest BCUT2D eigenvalue weighted by molar-refractivity contribution is 5.77. The second kappa shape index (κ2) is 7.72. The molecule has 0 saturated heterocycles. The van der Waals surface area contributed by atoms with Crippen molar-refractivity contribution in [2.24, 2.45) is 5.92 Å². The highest BCUT2D eigenvalue weighted by atomic mass is 19.4. The zero-order chi connectivity index (χ0) is 18.6. The van der Waals surface area contributed by atoms with Gasteiger partial charge in [-0.15, -0.1) is 0 Å². The molecule has 0 aromatic rings. The van der Waals surface area contributed by atoms with Crippen molar-refractivity contribution in [3.05, 3.63) is 0 Å². The number of ether oxygens (including phenoxy) is 2. The lowest BCUT2D eigenvalue weighted by molar-refractivity contribution is -0.255. The smallest absolute Gasteiger partial charge is 0.417 e. The van der Waals surface area contributed by atoms with Crippen molar-refractivity contribution in [2.45, 2.75) is 76.7 Å². The van der Waals surface area contributed by atoms with Gasteiger partial charge in [-0.2, -0.15) is 13.2 Å². The molecule has 1 rings (SSSR count). The lowest BCUT2D eigenvalue weighted by atomic mass is 9.79. The summed E-state index contributed by atoms with van der Waals surface area (Å²) in [6.45, 7) is 3.25. The van der Waals surface area contributed by atoms with Gasteiger partial charge in [0.25, 0.3) is 0 Å². The van der Waals surface area contributed by atoms with Crippen LogP contribution in [0.2, 0.25) is 0 Å². The third-order valence-corrected chi connectivity index (χ3v) is 4.42. The Hall–Kier alpha value is -1.31. The predicted octanol–water partition coefficient (Wildman–Crippen LogP) is 3.14. The van der Waals surface area contributed by atoms with Crippen LogP contribution < -0.4 is 0 Å². The van der Waals surface area contributed by atoms with Crippen LogP contribution in [0.3, 0.4) is 0 Å². The highest BCUT2D eigenvalue weighted by Gasteiger charge is 2.51. The average Bonchev–Trinajstić information content (AvgIpc) is 2.44. The number of hydrogen-bond acceptors (Lipinski definition) is 5. The number of carbonyl (C=O) groups excluding carboxylic acids is 2. The van der Waals surface area contributed by atoms with Crippen LogP contribution in [0.1, 0.15) is 59.3 Å². The number of carbonyl (C=O) groups is 2. The van der Waals surface area contributed by atoms with Crippen LogP contribution in [0.4, 0.5) is 13.2 Å². The second-order valence-electron chi connectivity index (χ2n) is 7.02. The third kappa shape index (κ3) is 5.96. The van der Waals surface area contributed by atoms with E-state index >= 15 is 0 Å². The van der Waals surface area contributed by atoms with E-state index in [9.17, 15) is 27.9 Å². The molecule has 1 N–H and O–H groups in total. The standard InChI is InChI=1S/C16H25F3O5/c1-14(2,11-7-5-4-6-8-11)24-13(21)10-23-12(20)9-15(3,22)16(17,18)19/h11,22H,4-10H2,1-3H3. The first-order chi connectivity index (χ1) is 10.8. The quantitative estimate of drug-likeness (QED) is 0.742. The molecule has 0 aliphatic heterocycles. The van der Waals surface area contributed by atoms with Gasteiger partial charge in [0, 0.05) is 0 Å². The third-order valence-electron chi connectivity index (χ3n) is 4.42. The molecule has 5 nitrogen and oxygen atoms in total. The molecule has 0 heterocycles. The van der Waals surface area contributed by atoms with Gasteiger partial charge in [0.15, 0.2) is 12.2 Å². The van der Waals surface area contributed by atoms with E-state index in [1.165, 1.54) is 0 Å². The van der Waals surface area contributed by atoms with Crippen molar-refractivity contribution in [3.63, 3.8) is 0 Å². The van der Waals surface area contributed by atoms with E-state index in [4.69, 9.17) is 4.74 Å². The highest BCUT2D eigenvalue weighted by Crippen LogP contribution is 2.35. The Kier molecular flexibility index (Phi) is 6.67. The van der Waals surface area contributed by atoms with Gasteiger partial charge >= 0.3 is 18.1 Å². The van der Waals surface area contributed by atoms with Gasteiger partial charge in [0.05, 0.1) is 6.42 Å². The summed E-state index contributed by atoms with van der Waals surface area (Å²) in [6, 6.07) is 0. The van der Waals surface area contributed by atoms with Crippen molar-refractivity contribution < 1.29 is 37.3 Å². The van der Waals surface area contributed by atoms with Gasteiger partial charge < -0.3 is 14.6 Å². The predicted molar refractivity (Wildman–Crippen MR) is 79.0 cm³/mol. The fraction of sp³-hybridized carbons (Fsp3) is 0.875. The van der Waals surface area contributed by atoms with E-state index in [0.29, 0.717) is 6.92 Å². The van der Waals surface area contributed by atoms with Crippen LogP contribution in [0.15, 0.2) is 0 Å². The largest absolute Gasteiger partial charge is 0.457 e. The van der Waals surface area contributed by atoms with Crippen LogP contribution in [-0.4, -0.2) is 41.0 Å². The molecule has 1 aliphatic carbocycles. The summed E-state index contributed by atoms with van der Waals surface area (Å²) in [5.41, 5.74) is -3.92. The molecule has 0 aromatic carbocycles. The summed E-state index contributed by atoms with van der Waals surface area (Å²) < 4.78 is 47.2. The van der Waals surface area contributed by atoms with Gasteiger partial charge in [0.1, 0.15) is 5.60 Å². The minimum Gasteiger partial charge on any atom is -0.457 e. The molecular weight excluding hydrogens is 329 g/mol. The zero-order valence-corrected chi connectivity index (χ0v) is 14.2. The van der Waals surface area contributed by atoms with Crippen LogP contribution in [-0.2, 0) is 19.1 Å². The molecular formula is C16H25F3O5. The number of hydrogen-bond donors (Lipinski definition) is 1. The summed E-state index contributed by atoms with van der Waals surface area (Å²) in [7, 11) is 0. The molecule has 24 heavy (non-hydrogen) atoms. The molecule has 1 unspecified atom stereocenters. The molecule has 0 bridgehead atoms. The molecule has 140 valence electrons. The lowest BCUT2D eigenvalue weighted by Crippen LogP contribution is -2.44. The van der Waals surface area contributed by atoms with Crippen LogP contribution in [0.25, 0.3) is 0 Å². The summed E-state index contributed by atoms with van der Waals surface area (Å²) in [5, 5.41) is 9.20. The molecule has 0 spiro atoms. The van der Waals surface area contributed by atoms with Crippen molar-refractivity contribution in [3.8, 4) is 0 Å². The fourth-order valence-electron chi connectivity index (χ4n) is 2.78. The van der Waals surface area contributed by atoms with E-state index in [2.05, 4.69) is 4.74 Å². The van der Waals surface area contributed by atoms with Gasteiger partial charge in [-0.3, -0.25) is 4.79 Å². The Bertz CT molecular complexity index is 451. The van der Waals surface area contributed by atoms with Gasteiger partial charge in [-0.05, 0) is 39.5 Å². The molecule has 1 saturated carbocycles. The van der Waals surface area contributed by atoms with Crippen LogP contribution in [0, 0.1) is 5.92 Å². The molecule has 1 atom stereocenters. The summed E-state index contributed by atoms with van der Waals surface area (Å²) in [4.78, 5) is 23.2. The first-order valence-electron chi connectivity index (χ1n) is 8.02. The maximum Gasteiger partial charge on any atom is 0.417 e. The SMILES string of the molecule is CC(C)(OC(=O)COC(=O)CC(C)(O)C(F)(F)F)C1CCCCC1. The number of esters is 2. The fourth-order valence-corrected chi connectivity index (χ4v) is 2.78. The van der Waals surface area contributed by atoms with E-state index in [1.807, 2.05) is 0 Å². The first kappa shape index (κ1) is 20.7. The topological polar surface area (TPSA) is 72.8 Å². The Labute approximate surface area is 139 Å². The van der Waals surface area contributed by atoms with Crippen molar-refractivity contribution >= 4 is 11.9 Å². The minimum absolute atomic E-state index is 0.205. The first-order valence-corrected chi connectivity index (χ1v) is 8.02. The second-order valence-corrected chi connectivity index (χ2v) is 7.02. The normalized spacial score (nSPS) is 19.5. The van der Waals surface area contributed by atoms with E-state index in [1.54, 1.807) is 13.8 Å². The number of halogens is 3. The molecule has 0 aromatic heterocycles. The monoisotopic (exact) mass is 354 g/mol. The lowest BCUT2D eigenvalue weighted by Gasteiger charge is -2.36. The van der Waals surface area contributed by atoms with Crippen LogP contribution in [0.5, 0.6) is 0 Å². The van der Waals surface area contributed by atoms with E-state index in [0.717, 1.165) is 32.1 Å². The van der Waals surface area contributed by atoms with Crippen molar-refractivity contribution in [1.82, 2.24) is 0 Å². The molecule has 8 heteroatoms. The van der Waals surface area contributed by atoms with Crippen molar-refractivity contribution in [2.75, 3.05) is 6.61 Å². The van der Waals surface area contributed by atoms with Gasteiger partial charge in [-0.1, -0.05) is 19.3 Å². The average molecular weight is 354 g/mol. The minimum atomic E-state index is -4.96. The molecule has 0 amide bonds. The number of rotatable bonds is 6. The summed E-state index contributed by atoms with van der Waals surface area (Å²) in [5.74, 6) is -1.92. The van der Waals surface area contributed by atoms with Gasteiger partial charge in [0.2, 0.25) is 0 Å². The van der Waals surface area contributed by atoms with E-state index in [-0.39, 0.29) is 5.92 Å². The van der Waals surface area contributed by atoms with E-state index < -0.39 is 42.3 Å². The molecule has 1 aliphatic rings. The Morgan fingerprint density at radius 1 is 1.04 bits per heavy atom. The Balaban J connectivity index is 2.44. The van der Waals surface area contributed by atoms with Gasteiger partial charge in [-0.25, -0.2) is 4.79 Å². The van der Waals surface area contributed by atoms with Crippen LogP contribution >= 0.6 is 0 Å². The Morgan fingerprint density at radius 3 is 2.08 bits per heavy atom. The summed E-state index contributed by atoms with van der Waals surface area (Å²) in [6.07, 6.45) is -1.09. The number of aliphatic hydroxyl groups is 1.